The van der Waals surface area contributed by atoms with Gasteiger partial charge in [0.1, 0.15) is 0 Å². The third-order valence-electron chi connectivity index (χ3n) is 2.77. The number of nitrogens with one attached hydrogen (secondary N) is 1. The Labute approximate surface area is 121 Å². The van der Waals surface area contributed by atoms with Crippen LogP contribution in [0.3, 0.4) is 0 Å². The smallest absolute Gasteiger partial charge is 0.0451 e. The fourth-order valence-corrected chi connectivity index (χ4v) is 2.40. The second-order valence-electron chi connectivity index (χ2n) is 4.10. The van der Waals surface area contributed by atoms with E-state index in [1.807, 2.05) is 18.2 Å². The van der Waals surface area contributed by atoms with Crippen LogP contribution in [0.4, 0.5) is 0 Å². The van der Waals surface area contributed by atoms with Crippen LogP contribution in [0.5, 0.6) is 0 Å². The Morgan fingerprint density at radius 1 is 1.11 bits per heavy atom. The fraction of sp³-hybridized carbons (Fsp3) is 0.200. The van der Waals surface area contributed by atoms with Crippen molar-refractivity contribution in [1.29, 1.82) is 0 Å². The fourth-order valence-electron chi connectivity index (χ4n) is 1.82. The monoisotopic (exact) mass is 323 g/mol. The van der Waals surface area contributed by atoms with E-state index in [2.05, 4.69) is 52.4 Å². The van der Waals surface area contributed by atoms with Crippen LogP contribution in [0.25, 0.3) is 11.1 Å². The van der Waals surface area contributed by atoms with Gasteiger partial charge in [-0.15, -0.1) is 0 Å². The van der Waals surface area contributed by atoms with Gasteiger partial charge in [0.25, 0.3) is 0 Å². The quantitative estimate of drug-likeness (QED) is 0.845. The van der Waals surface area contributed by atoms with Crippen molar-refractivity contribution in [1.82, 2.24) is 5.32 Å². The Morgan fingerprint density at radius 3 is 2.61 bits per heavy atom. The largest absolute Gasteiger partial charge is 0.313 e. The molecule has 0 saturated carbocycles. The molecule has 1 N–H and O–H groups in total. The van der Waals surface area contributed by atoms with E-state index in [0.29, 0.717) is 0 Å². The topological polar surface area (TPSA) is 12.0 Å². The number of halogens is 2. The summed E-state index contributed by atoms with van der Waals surface area (Å²) in [6.07, 6.45) is 0. The van der Waals surface area contributed by atoms with Crippen LogP contribution in [-0.4, -0.2) is 6.54 Å². The highest BCUT2D eigenvalue weighted by molar-refractivity contribution is 9.10. The lowest BCUT2D eigenvalue weighted by molar-refractivity contribution is 0.727. The van der Waals surface area contributed by atoms with E-state index in [-0.39, 0.29) is 0 Å². The third-order valence-corrected chi connectivity index (χ3v) is 3.63. The first kappa shape index (κ1) is 13.6. The summed E-state index contributed by atoms with van der Waals surface area (Å²) in [6, 6.07) is 14.4. The molecule has 0 aliphatic rings. The van der Waals surface area contributed by atoms with Crippen molar-refractivity contribution in [2.24, 2.45) is 0 Å². The first-order valence-corrected chi connectivity index (χ1v) is 7.13. The van der Waals surface area contributed by atoms with Crippen LogP contribution in [0.1, 0.15) is 12.5 Å². The molecule has 0 bridgehead atoms. The number of hydrogen-bond acceptors (Lipinski definition) is 1. The molecule has 0 radical (unpaired) electrons. The molecular weight excluding hydrogens is 310 g/mol. The number of benzene rings is 2. The van der Waals surface area contributed by atoms with E-state index in [1.165, 1.54) is 11.1 Å². The molecule has 94 valence electrons. The van der Waals surface area contributed by atoms with Gasteiger partial charge >= 0.3 is 0 Å². The first-order chi connectivity index (χ1) is 8.70. The maximum absolute atomic E-state index is 6.20. The molecule has 0 aliphatic carbocycles. The summed E-state index contributed by atoms with van der Waals surface area (Å²) in [6.45, 7) is 3.83. The molecule has 0 saturated heterocycles. The summed E-state index contributed by atoms with van der Waals surface area (Å²) in [5.74, 6) is 0. The molecule has 0 atom stereocenters. The molecule has 0 aliphatic heterocycles. The molecule has 0 unspecified atom stereocenters. The van der Waals surface area contributed by atoms with Gasteiger partial charge in [0, 0.05) is 16.0 Å². The van der Waals surface area contributed by atoms with Crippen LogP contribution in [0.2, 0.25) is 5.02 Å². The Hall–Kier alpha value is -0.830. The van der Waals surface area contributed by atoms with Gasteiger partial charge in [0.2, 0.25) is 0 Å². The van der Waals surface area contributed by atoms with Crippen LogP contribution in [0, 0.1) is 0 Å². The highest BCUT2D eigenvalue weighted by atomic mass is 79.9. The Balaban J connectivity index is 2.34. The van der Waals surface area contributed by atoms with E-state index in [4.69, 9.17) is 11.6 Å². The highest BCUT2D eigenvalue weighted by Crippen LogP contribution is 2.27. The molecule has 2 aromatic carbocycles. The van der Waals surface area contributed by atoms with Crippen molar-refractivity contribution in [2.75, 3.05) is 6.54 Å². The molecule has 0 spiro atoms. The summed E-state index contributed by atoms with van der Waals surface area (Å²) in [5.41, 5.74) is 3.52. The molecule has 0 fully saturated rings. The van der Waals surface area contributed by atoms with Crippen molar-refractivity contribution in [2.45, 2.75) is 13.5 Å². The van der Waals surface area contributed by atoms with Crippen molar-refractivity contribution < 1.29 is 0 Å². The minimum Gasteiger partial charge on any atom is -0.313 e. The third kappa shape index (κ3) is 3.35. The van der Waals surface area contributed by atoms with E-state index in [0.717, 1.165) is 28.1 Å². The lowest BCUT2D eigenvalue weighted by Crippen LogP contribution is -2.12. The van der Waals surface area contributed by atoms with E-state index in [9.17, 15) is 0 Å². The zero-order valence-corrected chi connectivity index (χ0v) is 12.6. The zero-order valence-electron chi connectivity index (χ0n) is 10.2. The van der Waals surface area contributed by atoms with Crippen molar-refractivity contribution >= 4 is 27.5 Å². The molecule has 0 heterocycles. The molecule has 18 heavy (non-hydrogen) atoms. The molecule has 2 rings (SSSR count). The molecule has 1 nitrogen and oxygen atoms in total. The van der Waals surface area contributed by atoms with Crippen LogP contribution in [0.15, 0.2) is 46.9 Å². The van der Waals surface area contributed by atoms with Gasteiger partial charge in [0.15, 0.2) is 0 Å². The van der Waals surface area contributed by atoms with E-state index >= 15 is 0 Å². The minimum atomic E-state index is 0.803. The predicted octanol–water partition coefficient (Wildman–Crippen LogP) is 4.88. The molecule has 0 aromatic heterocycles. The first-order valence-electron chi connectivity index (χ1n) is 5.96. The van der Waals surface area contributed by atoms with Crippen molar-refractivity contribution in [3.63, 3.8) is 0 Å². The van der Waals surface area contributed by atoms with Crippen LogP contribution in [-0.2, 0) is 6.54 Å². The number of rotatable bonds is 4. The normalized spacial score (nSPS) is 10.6. The van der Waals surface area contributed by atoms with Gasteiger partial charge in [-0.3, -0.25) is 0 Å². The van der Waals surface area contributed by atoms with Crippen LogP contribution < -0.4 is 5.32 Å². The average molecular weight is 325 g/mol. The number of hydrogen-bond donors (Lipinski definition) is 1. The van der Waals surface area contributed by atoms with Gasteiger partial charge < -0.3 is 5.32 Å². The molecule has 3 heteroatoms. The summed E-state index contributed by atoms with van der Waals surface area (Å²) in [7, 11) is 0. The van der Waals surface area contributed by atoms with Crippen molar-refractivity contribution in [3.05, 3.63) is 57.5 Å². The maximum Gasteiger partial charge on any atom is 0.0451 e. The van der Waals surface area contributed by atoms with Gasteiger partial charge in [-0.05, 0) is 47.5 Å². The summed E-state index contributed by atoms with van der Waals surface area (Å²) in [4.78, 5) is 0. The SMILES string of the molecule is CCNCc1cc(-c2cccc(Br)c2)ccc1Cl. The molecular formula is C15H15BrClN. The summed E-state index contributed by atoms with van der Waals surface area (Å²) >= 11 is 9.70. The van der Waals surface area contributed by atoms with Crippen molar-refractivity contribution in [3.8, 4) is 11.1 Å². The van der Waals surface area contributed by atoms with E-state index in [1.54, 1.807) is 0 Å². The second-order valence-corrected chi connectivity index (χ2v) is 5.42. The molecule has 2 aromatic rings. The van der Waals surface area contributed by atoms with Gasteiger partial charge in [-0.2, -0.15) is 0 Å². The second kappa shape index (κ2) is 6.37. The lowest BCUT2D eigenvalue weighted by atomic mass is 10.0. The maximum atomic E-state index is 6.20. The minimum absolute atomic E-state index is 0.803. The predicted molar refractivity (Wildman–Crippen MR) is 82.0 cm³/mol. The lowest BCUT2D eigenvalue weighted by Gasteiger charge is -2.09. The summed E-state index contributed by atoms with van der Waals surface area (Å²) in [5, 5.41) is 4.12. The van der Waals surface area contributed by atoms with E-state index < -0.39 is 0 Å². The zero-order chi connectivity index (χ0) is 13.0. The Morgan fingerprint density at radius 2 is 1.89 bits per heavy atom. The average Bonchev–Trinajstić information content (AvgIpc) is 2.38. The highest BCUT2D eigenvalue weighted by Gasteiger charge is 2.04. The standard InChI is InChI=1S/C15H15BrClN/c1-2-18-10-13-8-12(6-7-15(13)17)11-4-3-5-14(16)9-11/h3-9,18H,2,10H2,1H3. The molecule has 0 amide bonds. The van der Waals surface area contributed by atoms with Gasteiger partial charge in [-0.1, -0.05) is 52.7 Å². The van der Waals surface area contributed by atoms with Gasteiger partial charge in [0.05, 0.1) is 0 Å². The summed E-state index contributed by atoms with van der Waals surface area (Å²) < 4.78 is 1.09. The Bertz CT molecular complexity index is 540. The Kier molecular flexibility index (Phi) is 4.81. The van der Waals surface area contributed by atoms with Crippen LogP contribution >= 0.6 is 27.5 Å². The van der Waals surface area contributed by atoms with Gasteiger partial charge in [-0.25, -0.2) is 0 Å².